The Morgan fingerprint density at radius 1 is 1.27 bits per heavy atom. The van der Waals surface area contributed by atoms with Crippen molar-refractivity contribution in [3.8, 4) is 6.07 Å². The topological polar surface area (TPSA) is 95.2 Å². The number of carboxylic acids is 1. The number of nitriles is 1. The molecule has 5 nitrogen and oxygen atoms in total. The summed E-state index contributed by atoms with van der Waals surface area (Å²) in [4.78, 5) is 10.4. The molecule has 0 aromatic heterocycles. The van der Waals surface area contributed by atoms with Crippen molar-refractivity contribution >= 4 is 15.8 Å². The van der Waals surface area contributed by atoms with Gasteiger partial charge in [-0.3, -0.25) is 4.79 Å². The molecule has 1 aromatic carbocycles. The van der Waals surface area contributed by atoms with Crippen LogP contribution in [0.25, 0.3) is 0 Å². The Hall–Kier alpha value is -2.08. The summed E-state index contributed by atoms with van der Waals surface area (Å²) >= 11 is 0. The van der Waals surface area contributed by atoms with E-state index in [0.717, 1.165) is 12.1 Å². The van der Waals surface area contributed by atoms with E-state index < -0.39 is 31.6 Å². The summed E-state index contributed by atoms with van der Waals surface area (Å²) in [7, 11) is -5.51. The molecule has 0 saturated carbocycles. The fraction of sp³-hybridized carbons (Fsp3) is 0.385. The highest BCUT2D eigenvalue weighted by atomic mass is 32.2. The van der Waals surface area contributed by atoms with Gasteiger partial charge in [0.1, 0.15) is 0 Å². The van der Waals surface area contributed by atoms with Gasteiger partial charge in [-0.2, -0.15) is 18.4 Å². The van der Waals surface area contributed by atoms with Gasteiger partial charge in [-0.15, -0.1) is 0 Å². The third-order valence-electron chi connectivity index (χ3n) is 3.14. The molecule has 0 bridgehead atoms. The van der Waals surface area contributed by atoms with E-state index in [1.807, 2.05) is 0 Å². The molecule has 1 unspecified atom stereocenters. The Balaban J connectivity index is 3.39. The van der Waals surface area contributed by atoms with E-state index in [1.54, 1.807) is 13.0 Å². The first-order valence-electron chi connectivity index (χ1n) is 6.09. The van der Waals surface area contributed by atoms with Crippen molar-refractivity contribution in [1.29, 1.82) is 5.26 Å². The minimum absolute atomic E-state index is 0.0514. The van der Waals surface area contributed by atoms with Gasteiger partial charge < -0.3 is 5.11 Å². The number of hydrogen-bond donors (Lipinski definition) is 1. The fourth-order valence-electron chi connectivity index (χ4n) is 1.97. The smallest absolute Gasteiger partial charge is 0.480 e. The Morgan fingerprint density at radius 2 is 1.77 bits per heavy atom. The molecular formula is C13H12F3NO4S. The monoisotopic (exact) mass is 335 g/mol. The van der Waals surface area contributed by atoms with Gasteiger partial charge in [0.2, 0.25) is 0 Å². The zero-order valence-electron chi connectivity index (χ0n) is 11.4. The lowest BCUT2D eigenvalue weighted by Gasteiger charge is -2.22. The number of sulfone groups is 1. The second kappa shape index (κ2) is 5.96. The van der Waals surface area contributed by atoms with Gasteiger partial charge in [0.25, 0.3) is 9.84 Å². The Bertz CT molecular complexity index is 704. The van der Waals surface area contributed by atoms with Crippen LogP contribution in [-0.2, 0) is 20.0 Å². The number of benzene rings is 1. The van der Waals surface area contributed by atoms with Crippen LogP contribution in [0, 0.1) is 11.3 Å². The van der Waals surface area contributed by atoms with Gasteiger partial charge in [-0.1, -0.05) is 25.5 Å². The lowest BCUT2D eigenvalue weighted by Crippen LogP contribution is -2.34. The predicted molar refractivity (Wildman–Crippen MR) is 69.5 cm³/mol. The third-order valence-corrected chi connectivity index (χ3v) is 4.65. The summed E-state index contributed by atoms with van der Waals surface area (Å²) in [5.74, 6) is -1.44. The number of alkyl halides is 3. The summed E-state index contributed by atoms with van der Waals surface area (Å²) in [5.41, 5.74) is -7.43. The summed E-state index contributed by atoms with van der Waals surface area (Å²) in [6, 6.07) is 4.81. The van der Waals surface area contributed by atoms with Crippen LogP contribution in [0.5, 0.6) is 0 Å². The lowest BCUT2D eigenvalue weighted by atomic mass is 9.78. The van der Waals surface area contributed by atoms with Gasteiger partial charge in [0, 0.05) is 0 Å². The van der Waals surface area contributed by atoms with Crippen LogP contribution in [0.2, 0.25) is 0 Å². The van der Waals surface area contributed by atoms with E-state index in [1.165, 1.54) is 0 Å². The highest BCUT2D eigenvalue weighted by Crippen LogP contribution is 2.33. The van der Waals surface area contributed by atoms with Crippen molar-refractivity contribution in [1.82, 2.24) is 0 Å². The largest absolute Gasteiger partial charge is 0.501 e. The van der Waals surface area contributed by atoms with Crippen molar-refractivity contribution < 1.29 is 31.5 Å². The van der Waals surface area contributed by atoms with Gasteiger partial charge in [0.05, 0.1) is 11.0 Å². The fourth-order valence-corrected chi connectivity index (χ4v) is 2.73. The lowest BCUT2D eigenvalue weighted by molar-refractivity contribution is -0.141. The first-order valence-corrected chi connectivity index (χ1v) is 7.58. The summed E-state index contributed by atoms with van der Waals surface area (Å²) in [6.07, 6.45) is 0.298. The number of rotatable bonds is 5. The molecule has 0 saturated heterocycles. The third kappa shape index (κ3) is 2.92. The number of aliphatic carboxylic acids is 1. The standard InChI is InChI=1S/C13H12F3NO4S/c1-2-7-12(8-17,11(18)19)9-3-5-10(6-4-9)22(20,21)13(14,15)16/h3-6H,2,7H2,1H3,(H,18,19). The normalized spacial score (nSPS) is 14.9. The molecule has 9 heteroatoms. The minimum atomic E-state index is -5.51. The molecule has 22 heavy (non-hydrogen) atoms. The zero-order valence-corrected chi connectivity index (χ0v) is 12.2. The molecule has 1 N–H and O–H groups in total. The first-order chi connectivity index (χ1) is 10.0. The SMILES string of the molecule is CCCC(C#N)(C(=O)O)c1ccc(S(=O)(=O)C(F)(F)F)cc1. The molecule has 120 valence electrons. The van der Waals surface area contributed by atoms with Crippen LogP contribution in [0.4, 0.5) is 13.2 Å². The minimum Gasteiger partial charge on any atom is -0.480 e. The van der Waals surface area contributed by atoms with Crippen molar-refractivity contribution in [2.75, 3.05) is 0 Å². The van der Waals surface area contributed by atoms with Crippen LogP contribution in [0.15, 0.2) is 29.2 Å². The Morgan fingerprint density at radius 3 is 2.09 bits per heavy atom. The van der Waals surface area contributed by atoms with Crippen LogP contribution < -0.4 is 0 Å². The van der Waals surface area contributed by atoms with Crippen molar-refractivity contribution in [3.63, 3.8) is 0 Å². The average Bonchev–Trinajstić information content (AvgIpc) is 2.43. The second-order valence-corrected chi connectivity index (χ2v) is 6.49. The molecule has 0 radical (unpaired) electrons. The average molecular weight is 335 g/mol. The first kappa shape index (κ1) is 18.0. The van der Waals surface area contributed by atoms with Crippen LogP contribution >= 0.6 is 0 Å². The summed E-state index contributed by atoms with van der Waals surface area (Å²) in [6.45, 7) is 1.65. The highest BCUT2D eigenvalue weighted by Gasteiger charge is 2.47. The van der Waals surface area contributed by atoms with Crippen LogP contribution in [-0.4, -0.2) is 25.0 Å². The van der Waals surface area contributed by atoms with Crippen molar-refractivity contribution in [3.05, 3.63) is 29.8 Å². The van der Waals surface area contributed by atoms with Gasteiger partial charge in [-0.25, -0.2) is 8.42 Å². The van der Waals surface area contributed by atoms with Gasteiger partial charge in [0.15, 0.2) is 5.41 Å². The van der Waals surface area contributed by atoms with Crippen LogP contribution in [0.1, 0.15) is 25.3 Å². The molecule has 0 amide bonds. The number of nitrogens with zero attached hydrogens (tertiary/aromatic N) is 1. The quantitative estimate of drug-likeness (QED) is 0.892. The molecule has 0 aliphatic heterocycles. The van der Waals surface area contributed by atoms with E-state index in [4.69, 9.17) is 5.26 Å². The molecule has 0 fully saturated rings. The summed E-state index contributed by atoms with van der Waals surface area (Å²) < 4.78 is 59.8. The summed E-state index contributed by atoms with van der Waals surface area (Å²) in [5, 5.41) is 18.4. The van der Waals surface area contributed by atoms with Crippen molar-refractivity contribution in [2.45, 2.75) is 35.6 Å². The van der Waals surface area contributed by atoms with Crippen molar-refractivity contribution in [2.24, 2.45) is 0 Å². The van der Waals surface area contributed by atoms with E-state index in [-0.39, 0.29) is 12.0 Å². The second-order valence-electron chi connectivity index (χ2n) is 4.55. The van der Waals surface area contributed by atoms with Gasteiger partial charge in [-0.05, 0) is 24.1 Å². The molecule has 0 heterocycles. The molecule has 0 aliphatic carbocycles. The predicted octanol–water partition coefficient (Wildman–Crippen LogP) is 2.63. The van der Waals surface area contributed by atoms with E-state index in [2.05, 4.69) is 0 Å². The maximum Gasteiger partial charge on any atom is 0.501 e. The number of halogens is 3. The molecule has 0 spiro atoms. The molecule has 0 aliphatic rings. The molecule has 1 atom stereocenters. The van der Waals surface area contributed by atoms with E-state index in [0.29, 0.717) is 18.6 Å². The van der Waals surface area contributed by atoms with E-state index in [9.17, 15) is 31.5 Å². The van der Waals surface area contributed by atoms with Crippen LogP contribution in [0.3, 0.4) is 0 Å². The number of carboxylic acid groups (broad SMARTS) is 1. The number of hydrogen-bond acceptors (Lipinski definition) is 4. The number of carbonyl (C=O) groups is 1. The van der Waals surface area contributed by atoms with Gasteiger partial charge >= 0.3 is 11.5 Å². The zero-order chi connectivity index (χ0) is 17.2. The Kier molecular flexibility index (Phi) is 4.87. The Labute approximate surface area is 124 Å². The molecular weight excluding hydrogens is 323 g/mol. The van der Waals surface area contributed by atoms with E-state index >= 15 is 0 Å². The molecule has 1 aromatic rings. The maximum absolute atomic E-state index is 12.4. The maximum atomic E-state index is 12.4. The highest BCUT2D eigenvalue weighted by molar-refractivity contribution is 7.92. The molecule has 1 rings (SSSR count).